The predicted molar refractivity (Wildman–Crippen MR) is 115 cm³/mol. The van der Waals surface area contributed by atoms with E-state index in [1.54, 1.807) is 12.1 Å². The second-order valence-corrected chi connectivity index (χ2v) is 8.48. The van der Waals surface area contributed by atoms with E-state index in [0.29, 0.717) is 16.6 Å². The summed E-state index contributed by atoms with van der Waals surface area (Å²) in [6.07, 6.45) is 1.56. The number of hydrogen-bond acceptors (Lipinski definition) is 9. The zero-order valence-corrected chi connectivity index (χ0v) is 18.9. The van der Waals surface area contributed by atoms with Gasteiger partial charge < -0.3 is 19.2 Å². The third-order valence-corrected chi connectivity index (χ3v) is 6.04. The van der Waals surface area contributed by atoms with Gasteiger partial charge in [-0.2, -0.15) is 20.2 Å². The fourth-order valence-electron chi connectivity index (χ4n) is 3.25. The molecule has 1 aromatic carbocycles. The molecule has 0 unspecified atom stereocenters. The number of alkyl halides is 2. The largest absolute Gasteiger partial charge is 0.478 e. The minimum atomic E-state index is -4.21. The summed E-state index contributed by atoms with van der Waals surface area (Å²) in [5.74, 6) is -1.26. The molecule has 0 aliphatic heterocycles. The van der Waals surface area contributed by atoms with Crippen LogP contribution in [-0.2, 0) is 10.0 Å². The lowest BCUT2D eigenvalue weighted by atomic mass is 10.1. The molecule has 0 fully saturated rings. The zero-order chi connectivity index (χ0) is 24.5. The van der Waals surface area contributed by atoms with Gasteiger partial charge in [0.05, 0.1) is 32.1 Å². The van der Waals surface area contributed by atoms with Crippen molar-refractivity contribution in [3.8, 4) is 23.2 Å². The Bertz CT molecular complexity index is 1400. The number of anilines is 1. The van der Waals surface area contributed by atoms with E-state index >= 15 is 0 Å². The number of fused-ring (bicyclic) bond motifs is 1. The van der Waals surface area contributed by atoms with Crippen LogP contribution in [0.15, 0.2) is 35.6 Å². The first-order chi connectivity index (χ1) is 16.2. The number of sulfonamides is 1. The highest BCUT2D eigenvalue weighted by Crippen LogP contribution is 2.36. The number of rotatable bonds is 9. The van der Waals surface area contributed by atoms with Crippen molar-refractivity contribution in [2.75, 3.05) is 25.5 Å². The van der Waals surface area contributed by atoms with Crippen LogP contribution in [-0.4, -0.2) is 65.6 Å². The van der Waals surface area contributed by atoms with Crippen LogP contribution in [0.4, 0.5) is 14.7 Å². The summed E-state index contributed by atoms with van der Waals surface area (Å²) in [5, 5.41) is 8.62. The second-order valence-electron chi connectivity index (χ2n) is 6.83. The zero-order valence-electron chi connectivity index (χ0n) is 18.1. The van der Waals surface area contributed by atoms with E-state index in [9.17, 15) is 17.2 Å². The first-order valence-corrected chi connectivity index (χ1v) is 11.1. The molecule has 4 aromatic rings. The molecule has 2 N–H and O–H groups in total. The molecule has 0 atom stereocenters. The smallest absolute Gasteiger partial charge is 0.272 e. The van der Waals surface area contributed by atoms with E-state index in [1.165, 1.54) is 37.6 Å². The Labute approximate surface area is 191 Å². The highest BCUT2D eigenvalue weighted by Gasteiger charge is 2.26. The van der Waals surface area contributed by atoms with Crippen molar-refractivity contribution in [3.05, 3.63) is 36.3 Å². The van der Waals surface area contributed by atoms with Gasteiger partial charge in [-0.3, -0.25) is 0 Å². The summed E-state index contributed by atoms with van der Waals surface area (Å²) in [4.78, 5) is 12.1. The maximum atomic E-state index is 13.2. The summed E-state index contributed by atoms with van der Waals surface area (Å²) < 4.78 is 68.8. The van der Waals surface area contributed by atoms with Crippen LogP contribution in [0.1, 0.15) is 5.56 Å². The van der Waals surface area contributed by atoms with Gasteiger partial charge in [0.1, 0.15) is 17.2 Å². The maximum absolute atomic E-state index is 13.2. The van der Waals surface area contributed by atoms with Gasteiger partial charge >= 0.3 is 0 Å². The van der Waals surface area contributed by atoms with Gasteiger partial charge in [0, 0.05) is 11.6 Å². The van der Waals surface area contributed by atoms with Gasteiger partial charge in [-0.05, 0) is 12.5 Å². The first-order valence-electron chi connectivity index (χ1n) is 9.66. The number of nitrogens with zero attached hydrogens (tertiary/aromatic N) is 5. The summed E-state index contributed by atoms with van der Waals surface area (Å²) >= 11 is 0. The van der Waals surface area contributed by atoms with Gasteiger partial charge in [-0.1, -0.05) is 12.1 Å². The third kappa shape index (κ3) is 4.28. The fourth-order valence-corrected chi connectivity index (χ4v) is 4.37. The number of nitrogens with one attached hydrogen (secondary N) is 2. The number of halogens is 2. The average Bonchev–Trinajstić information content (AvgIpc) is 3.47. The molecule has 0 saturated heterocycles. The number of aromatic amines is 1. The molecule has 0 radical (unpaired) electrons. The lowest BCUT2D eigenvalue weighted by Gasteiger charge is -2.14. The number of aryl methyl sites for hydroxylation is 1. The number of hydrogen-bond donors (Lipinski definition) is 2. The van der Waals surface area contributed by atoms with Crippen LogP contribution >= 0.6 is 0 Å². The average molecular weight is 495 g/mol. The third-order valence-electron chi connectivity index (χ3n) is 4.67. The number of methoxy groups -OCH3 is 2. The van der Waals surface area contributed by atoms with Crippen molar-refractivity contribution in [2.45, 2.75) is 18.2 Å². The van der Waals surface area contributed by atoms with Crippen molar-refractivity contribution >= 4 is 26.9 Å². The van der Waals surface area contributed by atoms with Crippen LogP contribution in [0, 0.1) is 6.92 Å². The van der Waals surface area contributed by atoms with Gasteiger partial charge in [0.15, 0.2) is 0 Å². The summed E-state index contributed by atoms with van der Waals surface area (Å²) in [5.41, 5.74) is 1.91. The second kappa shape index (κ2) is 9.09. The van der Waals surface area contributed by atoms with Crippen LogP contribution < -0.4 is 18.9 Å². The lowest BCUT2D eigenvalue weighted by Crippen LogP contribution is -2.16. The molecule has 0 amide bonds. The molecule has 0 aliphatic carbocycles. The summed E-state index contributed by atoms with van der Waals surface area (Å²) in [6.45, 7) is 0.888. The quantitative estimate of drug-likeness (QED) is 0.357. The van der Waals surface area contributed by atoms with E-state index < -0.39 is 29.0 Å². The molecule has 12 nitrogen and oxygen atoms in total. The molecule has 15 heteroatoms. The summed E-state index contributed by atoms with van der Waals surface area (Å²) in [6, 6.07) is 3.39. The van der Waals surface area contributed by atoms with Crippen molar-refractivity contribution in [2.24, 2.45) is 0 Å². The van der Waals surface area contributed by atoms with Crippen molar-refractivity contribution < 1.29 is 31.4 Å². The van der Waals surface area contributed by atoms with E-state index in [1.807, 2.05) is 6.92 Å². The lowest BCUT2D eigenvalue weighted by molar-refractivity contribution is 0.0781. The molecular formula is C19H19F2N7O5S. The SMILES string of the molecule is COc1nc(NS(=O)(=O)c2c[nH]c3c(-n4nccn4)c(C)ccc23)nc(OC)c1OCC(F)F. The van der Waals surface area contributed by atoms with E-state index in [4.69, 9.17) is 14.2 Å². The number of ether oxygens (including phenoxy) is 3. The monoisotopic (exact) mass is 495 g/mol. The molecule has 0 aliphatic rings. The Morgan fingerprint density at radius 3 is 2.35 bits per heavy atom. The highest BCUT2D eigenvalue weighted by atomic mass is 32.2. The van der Waals surface area contributed by atoms with Gasteiger partial charge in [-0.25, -0.2) is 21.9 Å². The summed E-state index contributed by atoms with van der Waals surface area (Å²) in [7, 11) is -1.79. The Balaban J connectivity index is 1.73. The molecule has 0 saturated carbocycles. The maximum Gasteiger partial charge on any atom is 0.272 e. The predicted octanol–water partition coefficient (Wildman–Crippen LogP) is 2.31. The van der Waals surface area contributed by atoms with Gasteiger partial charge in [-0.15, -0.1) is 4.80 Å². The molecule has 4 rings (SSSR count). The van der Waals surface area contributed by atoms with Gasteiger partial charge in [0.25, 0.3) is 28.2 Å². The number of aromatic nitrogens is 6. The Morgan fingerprint density at radius 1 is 1.12 bits per heavy atom. The van der Waals surface area contributed by atoms with Crippen LogP contribution in [0.3, 0.4) is 0 Å². The highest BCUT2D eigenvalue weighted by molar-refractivity contribution is 7.93. The number of benzene rings is 1. The molecule has 0 bridgehead atoms. The molecule has 34 heavy (non-hydrogen) atoms. The molecule has 3 aromatic heterocycles. The molecule has 180 valence electrons. The van der Waals surface area contributed by atoms with Crippen LogP contribution in [0.5, 0.6) is 17.5 Å². The fraction of sp³-hybridized carbons (Fsp3) is 0.263. The normalized spacial score (nSPS) is 11.7. The van der Waals surface area contributed by atoms with E-state index in [2.05, 4.69) is 29.9 Å². The minimum absolute atomic E-state index is 0.0875. The standard InChI is InChI=1S/C19H19F2N7O5S/c1-10-4-5-11-12(8-22-14(11)15(10)28-23-6-7-24-28)34(29,30)27-19-25-17(31-2)16(18(26-19)32-3)33-9-13(20)21/h4-8,13,22H,9H2,1-3H3,(H,25,26,27). The van der Waals surface area contributed by atoms with Crippen molar-refractivity contribution in [1.29, 1.82) is 0 Å². The minimum Gasteiger partial charge on any atom is -0.478 e. The van der Waals surface area contributed by atoms with Crippen LogP contribution in [0.2, 0.25) is 0 Å². The van der Waals surface area contributed by atoms with Crippen molar-refractivity contribution in [1.82, 2.24) is 29.9 Å². The Hall–Kier alpha value is -4.01. The Morgan fingerprint density at radius 2 is 1.76 bits per heavy atom. The van der Waals surface area contributed by atoms with E-state index in [0.717, 1.165) is 5.56 Å². The molecular weight excluding hydrogens is 476 g/mol. The van der Waals surface area contributed by atoms with Crippen molar-refractivity contribution in [3.63, 3.8) is 0 Å². The first kappa shape index (κ1) is 23.2. The molecule has 0 spiro atoms. The topological polar surface area (TPSA) is 146 Å². The van der Waals surface area contributed by atoms with E-state index in [-0.39, 0.29) is 22.4 Å². The van der Waals surface area contributed by atoms with Gasteiger partial charge in [0.2, 0.25) is 11.7 Å². The van der Waals surface area contributed by atoms with Crippen LogP contribution in [0.25, 0.3) is 16.6 Å². The Kier molecular flexibility index (Phi) is 6.19. The molecule has 3 heterocycles. The number of H-pyrrole nitrogens is 1.